The lowest BCUT2D eigenvalue weighted by atomic mass is 10.1. The fraction of sp³-hybridized carbons (Fsp3) is 0. The summed E-state index contributed by atoms with van der Waals surface area (Å²) in [5, 5.41) is 3.82. The molecule has 0 saturated heterocycles. The second-order valence-corrected chi connectivity index (χ2v) is 6.06. The molecular formula is C14H9BrFN3OS. The number of primary amides is 1. The van der Waals surface area contributed by atoms with Crippen molar-refractivity contribution in [3.05, 3.63) is 52.4 Å². The number of rotatable bonds is 3. The summed E-state index contributed by atoms with van der Waals surface area (Å²) in [5.74, 6) is -1.01. The number of carbonyl (C=O) groups is 1. The second-order valence-electron chi connectivity index (χ2n) is 4.35. The maximum absolute atomic E-state index is 14.0. The molecular weight excluding hydrogens is 357 g/mol. The smallest absolute Gasteiger partial charge is 0.250 e. The lowest BCUT2D eigenvalue weighted by Crippen LogP contribution is -2.13. The summed E-state index contributed by atoms with van der Waals surface area (Å²) in [6, 6.07) is 8.02. The quantitative estimate of drug-likeness (QED) is 0.735. The molecule has 0 spiro atoms. The predicted molar refractivity (Wildman–Crippen MR) is 85.5 cm³/mol. The fourth-order valence-electron chi connectivity index (χ4n) is 1.99. The van der Waals surface area contributed by atoms with E-state index in [1.165, 1.54) is 17.6 Å². The Morgan fingerprint density at radius 1 is 1.33 bits per heavy atom. The maximum atomic E-state index is 14.0. The number of benzene rings is 2. The van der Waals surface area contributed by atoms with Gasteiger partial charge in [-0.15, -0.1) is 0 Å². The Labute approximate surface area is 132 Å². The largest absolute Gasteiger partial charge is 0.366 e. The highest BCUT2D eigenvalue weighted by molar-refractivity contribution is 9.10. The van der Waals surface area contributed by atoms with Crippen LogP contribution in [0.5, 0.6) is 0 Å². The number of hydrogen-bond acceptors (Lipinski definition) is 4. The minimum atomic E-state index is -0.578. The summed E-state index contributed by atoms with van der Waals surface area (Å²) in [5.41, 5.74) is 6.44. The van der Waals surface area contributed by atoms with Crippen molar-refractivity contribution in [2.24, 2.45) is 5.73 Å². The Bertz CT molecular complexity index is 849. The van der Waals surface area contributed by atoms with Crippen molar-refractivity contribution in [3.63, 3.8) is 0 Å². The molecule has 0 saturated carbocycles. The van der Waals surface area contributed by atoms with Gasteiger partial charge in [0.2, 0.25) is 0 Å². The molecule has 21 heavy (non-hydrogen) atoms. The summed E-state index contributed by atoms with van der Waals surface area (Å²) in [4.78, 5) is 11.6. The third-order valence-electron chi connectivity index (χ3n) is 2.98. The number of aromatic nitrogens is 1. The molecule has 4 nitrogen and oxygen atoms in total. The summed E-state index contributed by atoms with van der Waals surface area (Å²) >= 11 is 4.42. The number of hydrogen-bond donors (Lipinski definition) is 2. The van der Waals surface area contributed by atoms with Crippen LogP contribution in [0, 0.1) is 5.82 Å². The molecule has 0 unspecified atom stereocenters. The van der Waals surface area contributed by atoms with E-state index in [-0.39, 0.29) is 5.69 Å². The number of carbonyl (C=O) groups excluding carboxylic acids is 1. The number of nitrogens with one attached hydrogen (secondary N) is 1. The summed E-state index contributed by atoms with van der Waals surface area (Å²) in [7, 11) is 0. The van der Waals surface area contributed by atoms with Gasteiger partial charge in [-0.3, -0.25) is 4.79 Å². The van der Waals surface area contributed by atoms with Gasteiger partial charge >= 0.3 is 0 Å². The molecule has 0 radical (unpaired) electrons. The topological polar surface area (TPSA) is 68.0 Å². The van der Waals surface area contributed by atoms with Crippen molar-refractivity contribution in [2.75, 3.05) is 5.32 Å². The van der Waals surface area contributed by atoms with Gasteiger partial charge in [0, 0.05) is 16.1 Å². The van der Waals surface area contributed by atoms with Gasteiger partial charge in [-0.1, -0.05) is 22.0 Å². The molecule has 1 aromatic heterocycles. The van der Waals surface area contributed by atoms with Crippen LogP contribution < -0.4 is 11.1 Å². The van der Waals surface area contributed by atoms with Crippen molar-refractivity contribution in [3.8, 4) is 0 Å². The molecule has 2 aromatic carbocycles. The zero-order chi connectivity index (χ0) is 15.0. The van der Waals surface area contributed by atoms with Crippen LogP contribution in [0.2, 0.25) is 0 Å². The summed E-state index contributed by atoms with van der Waals surface area (Å²) < 4.78 is 19.5. The number of amides is 1. The van der Waals surface area contributed by atoms with Crippen LogP contribution in [0.3, 0.4) is 0 Å². The number of halogens is 2. The molecule has 3 aromatic rings. The van der Waals surface area contributed by atoms with E-state index in [1.807, 2.05) is 0 Å². The van der Waals surface area contributed by atoms with E-state index in [2.05, 4.69) is 25.6 Å². The monoisotopic (exact) mass is 365 g/mol. The average molecular weight is 366 g/mol. The van der Waals surface area contributed by atoms with Gasteiger partial charge in [0.25, 0.3) is 5.91 Å². The molecule has 1 heterocycles. The molecule has 0 fully saturated rings. The van der Waals surface area contributed by atoms with E-state index in [9.17, 15) is 9.18 Å². The molecule has 0 aliphatic carbocycles. The highest BCUT2D eigenvalue weighted by atomic mass is 79.9. The first kappa shape index (κ1) is 14.0. The van der Waals surface area contributed by atoms with Gasteiger partial charge in [-0.2, -0.15) is 4.37 Å². The molecule has 0 atom stereocenters. The first-order chi connectivity index (χ1) is 10.1. The number of fused-ring (bicyclic) bond motifs is 1. The van der Waals surface area contributed by atoms with Crippen molar-refractivity contribution in [1.29, 1.82) is 0 Å². The van der Waals surface area contributed by atoms with E-state index in [0.717, 1.165) is 10.1 Å². The zero-order valence-corrected chi connectivity index (χ0v) is 13.0. The Hall–Kier alpha value is -1.99. The van der Waals surface area contributed by atoms with Gasteiger partial charge in [-0.25, -0.2) is 4.39 Å². The minimum absolute atomic E-state index is 0.265. The van der Waals surface area contributed by atoms with Crippen molar-refractivity contribution >= 4 is 54.8 Å². The average Bonchev–Trinajstić information content (AvgIpc) is 2.90. The first-order valence-electron chi connectivity index (χ1n) is 5.95. The molecule has 3 rings (SSSR count). The van der Waals surface area contributed by atoms with Gasteiger partial charge < -0.3 is 11.1 Å². The Kier molecular flexibility index (Phi) is 3.60. The van der Waals surface area contributed by atoms with Crippen molar-refractivity contribution in [1.82, 2.24) is 4.37 Å². The van der Waals surface area contributed by atoms with Gasteiger partial charge in [0.05, 0.1) is 21.6 Å². The molecule has 0 bridgehead atoms. The van der Waals surface area contributed by atoms with E-state index < -0.39 is 11.7 Å². The molecule has 0 aliphatic rings. The predicted octanol–water partition coefficient (Wildman–Crippen LogP) is 4.04. The zero-order valence-electron chi connectivity index (χ0n) is 10.6. The highest BCUT2D eigenvalue weighted by Gasteiger charge is 2.15. The standard InChI is InChI=1S/C14H9BrFN3OS/c15-8-2-4-11(10(16)5-8)19-12-9(14(17)20)3-1-7-6-18-21-13(7)12/h1-6,19H,(H2,17,20). The molecule has 7 heteroatoms. The van der Waals surface area contributed by atoms with Gasteiger partial charge in [0.15, 0.2) is 0 Å². The van der Waals surface area contributed by atoms with Crippen LogP contribution in [0.15, 0.2) is 41.0 Å². The molecule has 1 amide bonds. The van der Waals surface area contributed by atoms with Crippen LogP contribution in [0.1, 0.15) is 10.4 Å². The number of anilines is 2. The van der Waals surface area contributed by atoms with Crippen LogP contribution in [-0.4, -0.2) is 10.3 Å². The lowest BCUT2D eigenvalue weighted by molar-refractivity contribution is 0.100. The highest BCUT2D eigenvalue weighted by Crippen LogP contribution is 2.34. The second kappa shape index (κ2) is 5.42. The Balaban J connectivity index is 2.16. The number of nitrogens with zero attached hydrogens (tertiary/aromatic N) is 1. The molecule has 106 valence electrons. The molecule has 3 N–H and O–H groups in total. The number of nitrogens with two attached hydrogens (primary N) is 1. The summed E-state index contributed by atoms with van der Waals surface area (Å²) in [6.07, 6.45) is 1.69. The van der Waals surface area contributed by atoms with Crippen LogP contribution in [0.4, 0.5) is 15.8 Å². The minimum Gasteiger partial charge on any atom is -0.366 e. The van der Waals surface area contributed by atoms with E-state index in [1.54, 1.807) is 30.5 Å². The first-order valence-corrected chi connectivity index (χ1v) is 7.52. The van der Waals surface area contributed by atoms with Crippen LogP contribution >= 0.6 is 27.5 Å². The lowest BCUT2D eigenvalue weighted by Gasteiger charge is -2.12. The third kappa shape index (κ3) is 2.62. The normalized spacial score (nSPS) is 10.8. The van der Waals surface area contributed by atoms with Crippen LogP contribution in [-0.2, 0) is 0 Å². The summed E-state index contributed by atoms with van der Waals surface area (Å²) in [6.45, 7) is 0. The van der Waals surface area contributed by atoms with Crippen LogP contribution in [0.25, 0.3) is 10.1 Å². The van der Waals surface area contributed by atoms with Crippen molar-refractivity contribution in [2.45, 2.75) is 0 Å². The molecule has 0 aliphatic heterocycles. The van der Waals surface area contributed by atoms with E-state index in [4.69, 9.17) is 5.73 Å². The fourth-order valence-corrected chi connectivity index (χ4v) is 3.07. The van der Waals surface area contributed by atoms with Gasteiger partial charge in [0.1, 0.15) is 5.82 Å². The Morgan fingerprint density at radius 2 is 2.14 bits per heavy atom. The Morgan fingerprint density at radius 3 is 2.86 bits per heavy atom. The van der Waals surface area contributed by atoms with E-state index in [0.29, 0.717) is 15.7 Å². The SMILES string of the molecule is NC(=O)c1ccc2cnsc2c1Nc1ccc(Br)cc1F. The van der Waals surface area contributed by atoms with E-state index >= 15 is 0 Å². The maximum Gasteiger partial charge on any atom is 0.250 e. The van der Waals surface area contributed by atoms with Gasteiger partial charge in [-0.05, 0) is 35.8 Å². The third-order valence-corrected chi connectivity index (χ3v) is 4.31. The van der Waals surface area contributed by atoms with Crippen molar-refractivity contribution < 1.29 is 9.18 Å².